The highest BCUT2D eigenvalue weighted by Gasteiger charge is 2.43. The summed E-state index contributed by atoms with van der Waals surface area (Å²) in [7, 11) is 0. The fraction of sp³-hybridized carbons (Fsp3) is 0.538. The van der Waals surface area contributed by atoms with Gasteiger partial charge < -0.3 is 30.9 Å². The molecule has 122 valence electrons. The molecule has 0 unspecified atom stereocenters. The number of aliphatic hydroxyl groups excluding tert-OH is 4. The van der Waals surface area contributed by atoms with Crippen LogP contribution in [0.25, 0.3) is 6.08 Å². The minimum Gasteiger partial charge on any atom is -0.396 e. The monoisotopic (exact) mass is 313 g/mol. The van der Waals surface area contributed by atoms with Gasteiger partial charge in [0.2, 0.25) is 0 Å². The number of nitrogens with two attached hydrogens (primary N) is 1. The van der Waals surface area contributed by atoms with E-state index in [1.165, 1.54) is 6.20 Å². The number of anilines is 1. The Hall–Kier alpha value is -1.78. The van der Waals surface area contributed by atoms with Crippen LogP contribution in [0.3, 0.4) is 0 Å². The van der Waals surface area contributed by atoms with Crippen molar-refractivity contribution in [3.8, 4) is 0 Å². The molecule has 1 aliphatic rings. The number of rotatable bonds is 5. The number of nitrogens with zero attached hydrogens (tertiary/aromatic N) is 2. The topological polar surface area (TPSA) is 151 Å². The zero-order chi connectivity index (χ0) is 16.3. The number of nitrogen functional groups attached to an aromatic ring is 1. The Kier molecular flexibility index (Phi) is 5.27. The summed E-state index contributed by atoms with van der Waals surface area (Å²) in [6, 6.07) is 0. The second-order valence-corrected chi connectivity index (χ2v) is 4.91. The van der Waals surface area contributed by atoms with E-state index >= 15 is 0 Å². The summed E-state index contributed by atoms with van der Waals surface area (Å²) in [6.07, 6.45) is 0.138. The molecule has 0 bridgehead atoms. The van der Waals surface area contributed by atoms with Crippen LogP contribution < -0.4 is 11.4 Å². The Morgan fingerprint density at radius 3 is 2.68 bits per heavy atom. The lowest BCUT2D eigenvalue weighted by atomic mass is 10.1. The quantitative estimate of drug-likeness (QED) is 0.412. The van der Waals surface area contributed by atoms with E-state index in [0.717, 1.165) is 4.57 Å². The summed E-state index contributed by atoms with van der Waals surface area (Å²) in [5.74, 6) is 0.00202. The SMILES string of the molecule is Nc1nc(=O)n([C@@H]2O[C@H](CO)[C@@H](O)[C@@H]2O)cc1/C=C/CCO. The minimum atomic E-state index is -1.38. The fourth-order valence-electron chi connectivity index (χ4n) is 2.20. The number of aromatic nitrogens is 2. The molecule has 1 saturated heterocycles. The zero-order valence-corrected chi connectivity index (χ0v) is 11.7. The van der Waals surface area contributed by atoms with E-state index in [2.05, 4.69) is 4.98 Å². The van der Waals surface area contributed by atoms with Crippen LogP contribution in [0.5, 0.6) is 0 Å². The van der Waals surface area contributed by atoms with E-state index in [9.17, 15) is 15.0 Å². The molecule has 1 aromatic rings. The van der Waals surface area contributed by atoms with Crippen LogP contribution in [0, 0.1) is 0 Å². The zero-order valence-electron chi connectivity index (χ0n) is 11.7. The third-order valence-electron chi connectivity index (χ3n) is 3.40. The van der Waals surface area contributed by atoms with Crippen molar-refractivity contribution in [2.24, 2.45) is 0 Å². The van der Waals surface area contributed by atoms with Gasteiger partial charge in [0, 0.05) is 18.4 Å². The lowest BCUT2D eigenvalue weighted by Crippen LogP contribution is -2.36. The first-order valence-corrected chi connectivity index (χ1v) is 6.78. The second-order valence-electron chi connectivity index (χ2n) is 4.91. The maximum absolute atomic E-state index is 11.9. The molecule has 4 atom stereocenters. The van der Waals surface area contributed by atoms with Crippen LogP contribution in [0.15, 0.2) is 17.1 Å². The van der Waals surface area contributed by atoms with Crippen LogP contribution in [0.1, 0.15) is 18.2 Å². The van der Waals surface area contributed by atoms with Gasteiger partial charge in [-0.05, 0) is 6.42 Å². The van der Waals surface area contributed by atoms with Crippen molar-refractivity contribution in [3.05, 3.63) is 28.3 Å². The molecular formula is C13H19N3O6. The van der Waals surface area contributed by atoms with Crippen LogP contribution in [-0.4, -0.2) is 61.5 Å². The summed E-state index contributed by atoms with van der Waals surface area (Å²) in [4.78, 5) is 15.6. The second kappa shape index (κ2) is 6.99. The summed E-state index contributed by atoms with van der Waals surface area (Å²) in [5, 5.41) is 37.5. The van der Waals surface area contributed by atoms with Crippen LogP contribution in [-0.2, 0) is 4.74 Å². The van der Waals surface area contributed by atoms with Gasteiger partial charge in [-0.15, -0.1) is 0 Å². The normalized spacial score (nSPS) is 28.5. The minimum absolute atomic E-state index is 0.00202. The first kappa shape index (κ1) is 16.6. The van der Waals surface area contributed by atoms with Gasteiger partial charge in [-0.25, -0.2) is 4.79 Å². The van der Waals surface area contributed by atoms with Crippen molar-refractivity contribution in [1.29, 1.82) is 0 Å². The fourth-order valence-corrected chi connectivity index (χ4v) is 2.20. The molecule has 2 heterocycles. The van der Waals surface area contributed by atoms with Gasteiger partial charge in [0.15, 0.2) is 6.23 Å². The molecule has 2 rings (SSSR count). The van der Waals surface area contributed by atoms with Crippen LogP contribution in [0.4, 0.5) is 5.82 Å². The number of hydrogen-bond donors (Lipinski definition) is 5. The van der Waals surface area contributed by atoms with Gasteiger partial charge in [0.1, 0.15) is 24.1 Å². The predicted molar refractivity (Wildman–Crippen MR) is 76.7 cm³/mol. The summed E-state index contributed by atoms with van der Waals surface area (Å²) >= 11 is 0. The predicted octanol–water partition coefficient (Wildman–Crippen LogP) is -2.17. The maximum atomic E-state index is 11.9. The highest BCUT2D eigenvalue weighted by Crippen LogP contribution is 2.28. The molecule has 9 heteroatoms. The van der Waals surface area contributed by atoms with E-state index in [4.69, 9.17) is 20.7 Å². The highest BCUT2D eigenvalue weighted by molar-refractivity contribution is 5.59. The summed E-state index contributed by atoms with van der Waals surface area (Å²) in [6.45, 7) is -0.520. The lowest BCUT2D eigenvalue weighted by Gasteiger charge is -2.18. The molecule has 0 aliphatic carbocycles. The third kappa shape index (κ3) is 3.18. The van der Waals surface area contributed by atoms with E-state index in [1.807, 2.05) is 0 Å². The van der Waals surface area contributed by atoms with Gasteiger partial charge in [-0.2, -0.15) is 4.98 Å². The molecule has 1 aromatic heterocycles. The summed E-state index contributed by atoms with van der Waals surface area (Å²) < 4.78 is 6.30. The standard InChI is InChI=1S/C13H19N3O6/c14-11-7(3-1-2-4-17)5-16(13(21)15-11)12-10(20)9(19)8(6-18)22-12/h1,3,5,8-10,12,17-20H,2,4,6H2,(H2,14,15,21)/b3-1+/t8-,9-,10+,12-/m1/s1. The lowest BCUT2D eigenvalue weighted by molar-refractivity contribution is -0.0549. The van der Waals surface area contributed by atoms with Gasteiger partial charge in [0.05, 0.1) is 6.61 Å². The molecule has 6 N–H and O–H groups in total. The maximum Gasteiger partial charge on any atom is 0.351 e. The Morgan fingerprint density at radius 2 is 2.09 bits per heavy atom. The Labute approximate surface area is 125 Å². The van der Waals surface area contributed by atoms with E-state index in [1.54, 1.807) is 12.2 Å². The van der Waals surface area contributed by atoms with Crippen molar-refractivity contribution in [3.63, 3.8) is 0 Å². The average Bonchev–Trinajstić information content (AvgIpc) is 2.77. The smallest absolute Gasteiger partial charge is 0.351 e. The van der Waals surface area contributed by atoms with E-state index in [0.29, 0.717) is 12.0 Å². The molecule has 0 saturated carbocycles. The molecular weight excluding hydrogens is 294 g/mol. The van der Waals surface area contributed by atoms with Crippen molar-refractivity contribution in [2.45, 2.75) is 31.0 Å². The molecule has 1 aliphatic heterocycles. The first-order chi connectivity index (χ1) is 10.5. The van der Waals surface area contributed by atoms with Gasteiger partial charge >= 0.3 is 5.69 Å². The molecule has 0 amide bonds. The van der Waals surface area contributed by atoms with Crippen LogP contribution >= 0.6 is 0 Å². The summed E-state index contributed by atoms with van der Waals surface area (Å²) in [5.41, 5.74) is 5.32. The van der Waals surface area contributed by atoms with Crippen molar-refractivity contribution < 1.29 is 25.2 Å². The van der Waals surface area contributed by atoms with Crippen LogP contribution in [0.2, 0.25) is 0 Å². The van der Waals surface area contributed by atoms with Gasteiger partial charge in [0.25, 0.3) is 0 Å². The largest absolute Gasteiger partial charge is 0.396 e. The molecule has 0 aromatic carbocycles. The Morgan fingerprint density at radius 1 is 1.36 bits per heavy atom. The molecule has 0 spiro atoms. The van der Waals surface area contributed by atoms with E-state index < -0.39 is 36.8 Å². The van der Waals surface area contributed by atoms with Crippen molar-refractivity contribution >= 4 is 11.9 Å². The number of ether oxygens (including phenoxy) is 1. The first-order valence-electron chi connectivity index (χ1n) is 6.78. The molecule has 22 heavy (non-hydrogen) atoms. The molecule has 9 nitrogen and oxygen atoms in total. The molecule has 0 radical (unpaired) electrons. The third-order valence-corrected chi connectivity index (χ3v) is 3.40. The van der Waals surface area contributed by atoms with Gasteiger partial charge in [-0.1, -0.05) is 12.2 Å². The average molecular weight is 313 g/mol. The van der Waals surface area contributed by atoms with Gasteiger partial charge in [-0.3, -0.25) is 4.57 Å². The molecule has 1 fully saturated rings. The highest BCUT2D eigenvalue weighted by atomic mass is 16.6. The Bertz CT molecular complexity index is 602. The van der Waals surface area contributed by atoms with E-state index in [-0.39, 0.29) is 12.4 Å². The Balaban J connectivity index is 2.35. The number of aliphatic hydroxyl groups is 4. The van der Waals surface area contributed by atoms with Crippen molar-refractivity contribution in [2.75, 3.05) is 18.9 Å². The van der Waals surface area contributed by atoms with Crippen molar-refractivity contribution in [1.82, 2.24) is 9.55 Å². The number of hydrogen-bond acceptors (Lipinski definition) is 8.